The summed E-state index contributed by atoms with van der Waals surface area (Å²) in [7, 11) is 1.70. The highest BCUT2D eigenvalue weighted by molar-refractivity contribution is 6.30. The normalized spacial score (nSPS) is 18.3. The number of piperidine rings is 1. The number of Topliss-reactive ketones (excluding diaryl/α,β-unsaturated/α-hetero) is 1. The summed E-state index contributed by atoms with van der Waals surface area (Å²) in [5, 5.41) is 0.660. The lowest BCUT2D eigenvalue weighted by molar-refractivity contribution is 0.0811. The molecule has 1 fully saturated rings. The van der Waals surface area contributed by atoms with Crippen LogP contribution in [0.2, 0.25) is 5.02 Å². The van der Waals surface area contributed by atoms with E-state index in [0.29, 0.717) is 5.02 Å². The van der Waals surface area contributed by atoms with Gasteiger partial charge in [0.1, 0.15) is 5.75 Å². The van der Waals surface area contributed by atoms with Crippen LogP contribution in [-0.2, 0) is 6.54 Å². The number of hydrogen-bond acceptors (Lipinski definition) is 3. The van der Waals surface area contributed by atoms with Crippen LogP contribution in [0, 0.1) is 5.92 Å². The molecule has 3 rings (SSSR count). The van der Waals surface area contributed by atoms with Gasteiger partial charge in [0, 0.05) is 35.2 Å². The number of hydrogen-bond donors (Lipinski definition) is 0. The highest BCUT2D eigenvalue weighted by Gasteiger charge is 2.27. The van der Waals surface area contributed by atoms with Crippen molar-refractivity contribution in [1.29, 1.82) is 0 Å². The molecular weight excluding hydrogens is 322 g/mol. The number of ketones is 1. The van der Waals surface area contributed by atoms with Gasteiger partial charge in [0.25, 0.3) is 0 Å². The highest BCUT2D eigenvalue weighted by atomic mass is 35.5. The Morgan fingerprint density at radius 2 is 1.96 bits per heavy atom. The predicted molar refractivity (Wildman–Crippen MR) is 96.8 cm³/mol. The molecule has 0 aliphatic carbocycles. The number of carbonyl (C=O) groups is 1. The molecule has 3 nitrogen and oxygen atoms in total. The summed E-state index contributed by atoms with van der Waals surface area (Å²) >= 11 is 5.91. The van der Waals surface area contributed by atoms with Gasteiger partial charge in [-0.1, -0.05) is 29.8 Å². The van der Waals surface area contributed by atoms with Crippen LogP contribution in [0.1, 0.15) is 28.8 Å². The molecule has 1 aliphatic heterocycles. The fourth-order valence-corrected chi connectivity index (χ4v) is 3.46. The molecule has 1 aliphatic rings. The first-order valence-corrected chi connectivity index (χ1v) is 8.69. The number of halogens is 1. The van der Waals surface area contributed by atoms with Crippen LogP contribution >= 0.6 is 11.6 Å². The fourth-order valence-electron chi connectivity index (χ4n) is 3.34. The van der Waals surface area contributed by atoms with E-state index in [1.54, 1.807) is 19.2 Å². The molecule has 0 N–H and O–H groups in total. The van der Waals surface area contributed by atoms with Crippen LogP contribution in [-0.4, -0.2) is 30.9 Å². The molecule has 2 aromatic carbocycles. The van der Waals surface area contributed by atoms with E-state index in [1.807, 2.05) is 30.3 Å². The van der Waals surface area contributed by atoms with Crippen molar-refractivity contribution in [3.8, 4) is 5.75 Å². The van der Waals surface area contributed by atoms with Crippen LogP contribution in [0.25, 0.3) is 0 Å². The smallest absolute Gasteiger partial charge is 0.167 e. The molecule has 24 heavy (non-hydrogen) atoms. The van der Waals surface area contributed by atoms with Crippen LogP contribution in [0.4, 0.5) is 0 Å². The second kappa shape index (κ2) is 7.82. The van der Waals surface area contributed by atoms with Crippen molar-refractivity contribution >= 4 is 17.4 Å². The Kier molecular flexibility index (Phi) is 5.54. The van der Waals surface area contributed by atoms with Gasteiger partial charge in [0.15, 0.2) is 5.78 Å². The van der Waals surface area contributed by atoms with Gasteiger partial charge in [-0.2, -0.15) is 0 Å². The molecule has 0 aromatic heterocycles. The average molecular weight is 344 g/mol. The Hall–Kier alpha value is -1.84. The number of benzene rings is 2. The molecule has 0 saturated carbocycles. The van der Waals surface area contributed by atoms with E-state index in [2.05, 4.69) is 11.0 Å². The summed E-state index contributed by atoms with van der Waals surface area (Å²) in [4.78, 5) is 15.1. The van der Waals surface area contributed by atoms with E-state index in [0.717, 1.165) is 43.8 Å². The van der Waals surface area contributed by atoms with Gasteiger partial charge in [-0.25, -0.2) is 0 Å². The van der Waals surface area contributed by atoms with Gasteiger partial charge >= 0.3 is 0 Å². The van der Waals surface area contributed by atoms with Crippen molar-refractivity contribution in [1.82, 2.24) is 4.90 Å². The third-order valence-corrected chi connectivity index (χ3v) is 4.84. The summed E-state index contributed by atoms with van der Waals surface area (Å²) in [5.74, 6) is 1.18. The van der Waals surface area contributed by atoms with E-state index in [-0.39, 0.29) is 11.7 Å². The van der Waals surface area contributed by atoms with Crippen molar-refractivity contribution in [2.75, 3.05) is 20.2 Å². The standard InChI is InChI=1S/C20H22ClNO2/c1-24-19-7-3-2-5-16(19)13-22-12-4-6-17(14-22)20(23)15-8-10-18(21)11-9-15/h2-3,5,7-11,17H,4,6,12-14H2,1H3/t17-/m0/s1. The fraction of sp³-hybridized carbons (Fsp3) is 0.350. The summed E-state index contributed by atoms with van der Waals surface area (Å²) < 4.78 is 5.44. The third kappa shape index (κ3) is 3.97. The number of likely N-dealkylation sites (tertiary alicyclic amines) is 1. The van der Waals surface area contributed by atoms with Crippen molar-refractivity contribution in [2.45, 2.75) is 19.4 Å². The van der Waals surface area contributed by atoms with E-state index in [9.17, 15) is 4.79 Å². The lowest BCUT2D eigenvalue weighted by atomic mass is 9.90. The molecule has 1 saturated heterocycles. The minimum absolute atomic E-state index is 0.0506. The zero-order valence-electron chi connectivity index (χ0n) is 13.9. The average Bonchev–Trinajstić information content (AvgIpc) is 2.62. The zero-order chi connectivity index (χ0) is 16.9. The Bertz CT molecular complexity index is 699. The topological polar surface area (TPSA) is 29.5 Å². The molecule has 0 radical (unpaired) electrons. The molecular formula is C20H22ClNO2. The molecule has 2 aromatic rings. The van der Waals surface area contributed by atoms with Crippen LogP contribution in [0.15, 0.2) is 48.5 Å². The first-order chi connectivity index (χ1) is 11.7. The first-order valence-electron chi connectivity index (χ1n) is 8.31. The number of rotatable bonds is 5. The first kappa shape index (κ1) is 17.0. The summed E-state index contributed by atoms with van der Waals surface area (Å²) in [6, 6.07) is 15.3. The SMILES string of the molecule is COc1ccccc1CN1CCC[C@H](C(=O)c2ccc(Cl)cc2)C1. The Morgan fingerprint density at radius 3 is 2.71 bits per heavy atom. The molecule has 1 heterocycles. The number of ether oxygens (including phenoxy) is 1. The van der Waals surface area contributed by atoms with Gasteiger partial charge in [-0.15, -0.1) is 0 Å². The minimum atomic E-state index is 0.0506. The lowest BCUT2D eigenvalue weighted by Crippen LogP contribution is -2.38. The molecule has 1 atom stereocenters. The Balaban J connectivity index is 1.68. The van der Waals surface area contributed by atoms with E-state index in [4.69, 9.17) is 16.3 Å². The van der Waals surface area contributed by atoms with E-state index in [1.165, 1.54) is 5.56 Å². The number of methoxy groups -OCH3 is 1. The van der Waals surface area contributed by atoms with Gasteiger partial charge in [0.05, 0.1) is 7.11 Å². The van der Waals surface area contributed by atoms with Crippen molar-refractivity contribution in [3.05, 3.63) is 64.7 Å². The minimum Gasteiger partial charge on any atom is -0.496 e. The van der Waals surface area contributed by atoms with Crippen molar-refractivity contribution in [3.63, 3.8) is 0 Å². The maximum atomic E-state index is 12.7. The second-order valence-corrected chi connectivity index (χ2v) is 6.69. The highest BCUT2D eigenvalue weighted by Crippen LogP contribution is 2.25. The Labute approximate surface area is 148 Å². The van der Waals surface area contributed by atoms with Crippen LogP contribution in [0.3, 0.4) is 0 Å². The van der Waals surface area contributed by atoms with Crippen LogP contribution < -0.4 is 4.74 Å². The summed E-state index contributed by atoms with van der Waals surface area (Å²) in [6.07, 6.45) is 1.99. The molecule has 0 unspecified atom stereocenters. The maximum absolute atomic E-state index is 12.7. The number of carbonyl (C=O) groups excluding carboxylic acids is 1. The summed E-state index contributed by atoms with van der Waals surface area (Å²) in [5.41, 5.74) is 1.92. The lowest BCUT2D eigenvalue weighted by Gasteiger charge is -2.32. The summed E-state index contributed by atoms with van der Waals surface area (Å²) in [6.45, 7) is 2.62. The molecule has 0 amide bonds. The predicted octanol–water partition coefficient (Wildman–Crippen LogP) is 4.44. The van der Waals surface area contributed by atoms with E-state index < -0.39 is 0 Å². The molecule has 0 spiro atoms. The third-order valence-electron chi connectivity index (χ3n) is 4.59. The largest absolute Gasteiger partial charge is 0.496 e. The molecule has 126 valence electrons. The van der Waals surface area contributed by atoms with Crippen molar-refractivity contribution in [2.24, 2.45) is 5.92 Å². The molecule has 4 heteroatoms. The van der Waals surface area contributed by atoms with Gasteiger partial charge in [-0.3, -0.25) is 9.69 Å². The van der Waals surface area contributed by atoms with Gasteiger partial charge < -0.3 is 4.74 Å². The maximum Gasteiger partial charge on any atom is 0.167 e. The number of para-hydroxylation sites is 1. The molecule has 0 bridgehead atoms. The van der Waals surface area contributed by atoms with E-state index >= 15 is 0 Å². The number of nitrogens with zero attached hydrogens (tertiary/aromatic N) is 1. The van der Waals surface area contributed by atoms with Gasteiger partial charge in [0.2, 0.25) is 0 Å². The van der Waals surface area contributed by atoms with Crippen LogP contribution in [0.5, 0.6) is 5.75 Å². The Morgan fingerprint density at radius 1 is 1.21 bits per heavy atom. The quantitative estimate of drug-likeness (QED) is 0.751. The zero-order valence-corrected chi connectivity index (χ0v) is 14.6. The van der Waals surface area contributed by atoms with Gasteiger partial charge in [-0.05, 0) is 49.7 Å². The van der Waals surface area contributed by atoms with Crippen molar-refractivity contribution < 1.29 is 9.53 Å². The monoisotopic (exact) mass is 343 g/mol. The second-order valence-electron chi connectivity index (χ2n) is 6.26.